The lowest BCUT2D eigenvalue weighted by molar-refractivity contribution is 0.596. The lowest BCUT2D eigenvalue weighted by Gasteiger charge is -1.70. The zero-order valence-electron chi connectivity index (χ0n) is 5.41. The molecule has 2 nitrogen and oxygen atoms in total. The van der Waals surface area contributed by atoms with E-state index in [4.69, 9.17) is 5.41 Å². The van der Waals surface area contributed by atoms with Crippen molar-refractivity contribution in [3.63, 3.8) is 0 Å². The third-order valence-corrected chi connectivity index (χ3v) is 1.77. The first kappa shape index (κ1) is 12.6. The molecule has 1 atom stereocenters. The normalized spacial score (nSPS) is 8.30. The van der Waals surface area contributed by atoms with Crippen LogP contribution in [0.15, 0.2) is 12.7 Å². The molecule has 0 heterocycles. The van der Waals surface area contributed by atoms with Crippen molar-refractivity contribution in [1.82, 2.24) is 0 Å². The number of hydrogen-bond donors (Lipinski definition) is 2. The molecule has 0 spiro atoms. The summed E-state index contributed by atoms with van der Waals surface area (Å²) < 4.78 is 10.2. The number of rotatable bonds is 3. The van der Waals surface area contributed by atoms with Gasteiger partial charge in [-0.15, -0.1) is 6.58 Å². The van der Waals surface area contributed by atoms with E-state index in [1.165, 1.54) is 0 Å². The number of hydrogen-bond acceptors (Lipinski definition) is 3. The Morgan fingerprint density at radius 2 is 2.30 bits per heavy atom. The minimum atomic E-state index is -1.23. The number of allylic oxidation sites excluding steroid dienone is 1. The van der Waals surface area contributed by atoms with Crippen LogP contribution in [0.1, 0.15) is 6.42 Å². The van der Waals surface area contributed by atoms with Gasteiger partial charge in [0.15, 0.2) is 6.16 Å². The SMILES string of the molecule is C=CCC[P+](=O)S.N=C=S. The van der Waals surface area contributed by atoms with Gasteiger partial charge in [0.1, 0.15) is 12.2 Å². The molecule has 0 fully saturated rings. The minimum absolute atomic E-state index is 0.655. The van der Waals surface area contributed by atoms with E-state index in [0.29, 0.717) is 6.16 Å². The van der Waals surface area contributed by atoms with Crippen molar-refractivity contribution in [1.29, 1.82) is 5.41 Å². The second-order valence-corrected chi connectivity index (χ2v) is 3.95. The van der Waals surface area contributed by atoms with Gasteiger partial charge in [-0.1, -0.05) is 10.6 Å². The Morgan fingerprint density at radius 1 is 1.90 bits per heavy atom. The highest BCUT2D eigenvalue weighted by Crippen LogP contribution is 2.25. The van der Waals surface area contributed by atoms with Gasteiger partial charge in [-0.25, -0.2) is 5.41 Å². The quantitative estimate of drug-likeness (QED) is 0.238. The average molecular weight is 194 g/mol. The minimum Gasteiger partial charge on any atom is -0.248 e. The molecule has 0 amide bonds. The first-order valence-electron chi connectivity index (χ1n) is 2.47. The highest BCUT2D eigenvalue weighted by Gasteiger charge is 2.02. The third kappa shape index (κ3) is 24.5. The molecule has 56 valence electrons. The van der Waals surface area contributed by atoms with Crippen molar-refractivity contribution in [3.05, 3.63) is 12.7 Å². The van der Waals surface area contributed by atoms with Gasteiger partial charge in [-0.2, -0.15) is 0 Å². The van der Waals surface area contributed by atoms with E-state index >= 15 is 0 Å². The Hall–Kier alpha value is -0.0100. The summed E-state index contributed by atoms with van der Waals surface area (Å²) in [7, 11) is -1.23. The van der Waals surface area contributed by atoms with Crippen LogP contribution in [0.4, 0.5) is 0 Å². The molecule has 0 aliphatic heterocycles. The van der Waals surface area contributed by atoms with Crippen LogP contribution in [0, 0.1) is 5.41 Å². The molecule has 1 N–H and O–H groups in total. The monoisotopic (exact) mass is 194 g/mol. The van der Waals surface area contributed by atoms with Gasteiger partial charge in [0.25, 0.3) is 0 Å². The second kappa shape index (κ2) is 11.7. The fourth-order valence-electron chi connectivity index (χ4n) is 0.202. The van der Waals surface area contributed by atoms with Crippen LogP contribution in [0.25, 0.3) is 0 Å². The molecule has 0 aromatic rings. The molecule has 0 saturated carbocycles. The van der Waals surface area contributed by atoms with Crippen LogP contribution < -0.4 is 0 Å². The molecule has 1 unspecified atom stereocenters. The largest absolute Gasteiger partial charge is 0.407 e. The van der Waals surface area contributed by atoms with Gasteiger partial charge in [0, 0.05) is 6.42 Å². The van der Waals surface area contributed by atoms with Crippen molar-refractivity contribution in [2.75, 3.05) is 6.16 Å². The summed E-state index contributed by atoms with van der Waals surface area (Å²) >= 11 is 7.50. The van der Waals surface area contributed by atoms with Crippen LogP contribution in [0.3, 0.4) is 0 Å². The van der Waals surface area contributed by atoms with Crippen LogP contribution in [0.5, 0.6) is 0 Å². The van der Waals surface area contributed by atoms with Crippen LogP contribution in [0.2, 0.25) is 0 Å². The first-order chi connectivity index (χ1) is 4.68. The number of isothiocyanates is 1. The molecule has 0 aromatic heterocycles. The highest BCUT2D eigenvalue weighted by molar-refractivity contribution is 8.40. The van der Waals surface area contributed by atoms with E-state index in [9.17, 15) is 4.57 Å². The average Bonchev–Trinajstić information content (AvgIpc) is 1.85. The standard InChI is InChI=1S/C4H7OPS.CHNS/c1-2-3-4-6(5)7;2-1-3/h2H,1,3-4H2;2H/p+1. The van der Waals surface area contributed by atoms with Gasteiger partial charge in [0.2, 0.25) is 0 Å². The lowest BCUT2D eigenvalue weighted by Crippen LogP contribution is -1.65. The van der Waals surface area contributed by atoms with E-state index in [1.54, 1.807) is 11.2 Å². The molecule has 0 saturated heterocycles. The van der Waals surface area contributed by atoms with Gasteiger partial charge in [-0.05, 0) is 12.2 Å². The maximum atomic E-state index is 10.2. The number of nitrogens with one attached hydrogen (secondary N) is 1. The zero-order chi connectivity index (χ0) is 8.41. The molecule has 0 aliphatic carbocycles. The summed E-state index contributed by atoms with van der Waals surface area (Å²) in [5.41, 5.74) is 0. The lowest BCUT2D eigenvalue weighted by atomic mass is 10.5. The Kier molecular flexibility index (Phi) is 14.9. The molecule has 0 aromatic carbocycles. The molecule has 0 rings (SSSR count). The molecular formula is C5H9NOPS2+. The van der Waals surface area contributed by atoms with Crippen molar-refractivity contribution in [2.45, 2.75) is 6.42 Å². The first-order valence-corrected chi connectivity index (χ1v) is 5.48. The Bertz CT molecular complexity index is 143. The summed E-state index contributed by atoms with van der Waals surface area (Å²) in [6, 6.07) is 0. The number of thiol groups is 1. The van der Waals surface area contributed by atoms with Gasteiger partial charge in [0.05, 0.1) is 5.16 Å². The molecule has 5 heteroatoms. The summed E-state index contributed by atoms with van der Waals surface area (Å²) in [4.78, 5) is 0. The van der Waals surface area contributed by atoms with Crippen molar-refractivity contribution < 1.29 is 4.57 Å². The van der Waals surface area contributed by atoms with Gasteiger partial charge in [-0.3, -0.25) is 0 Å². The predicted molar refractivity (Wildman–Crippen MR) is 51.6 cm³/mol. The third-order valence-electron chi connectivity index (χ3n) is 0.525. The topological polar surface area (TPSA) is 40.9 Å². The van der Waals surface area contributed by atoms with E-state index < -0.39 is 7.00 Å². The maximum absolute atomic E-state index is 10.2. The van der Waals surface area contributed by atoms with Gasteiger partial charge >= 0.3 is 7.00 Å². The summed E-state index contributed by atoms with van der Waals surface area (Å²) in [5.74, 6) is 0. The molecule has 0 bridgehead atoms. The molecular weight excluding hydrogens is 185 g/mol. The summed E-state index contributed by atoms with van der Waals surface area (Å²) in [5, 5.41) is 7.36. The summed E-state index contributed by atoms with van der Waals surface area (Å²) in [6.07, 6.45) is 3.20. The van der Waals surface area contributed by atoms with Gasteiger partial charge < -0.3 is 0 Å². The fourth-order valence-corrected chi connectivity index (χ4v) is 0.952. The van der Waals surface area contributed by atoms with Crippen molar-refractivity contribution >= 4 is 36.6 Å². The molecule has 0 radical (unpaired) electrons. The van der Waals surface area contributed by atoms with E-state index in [1.807, 2.05) is 0 Å². The Morgan fingerprint density at radius 3 is 2.40 bits per heavy atom. The van der Waals surface area contributed by atoms with Crippen LogP contribution in [-0.2, 0) is 4.57 Å². The van der Waals surface area contributed by atoms with Crippen molar-refractivity contribution in [3.8, 4) is 0 Å². The van der Waals surface area contributed by atoms with Crippen LogP contribution in [-0.4, -0.2) is 11.3 Å². The Balaban J connectivity index is 0. The smallest absolute Gasteiger partial charge is 0.248 e. The summed E-state index contributed by atoms with van der Waals surface area (Å²) in [6.45, 7) is 3.47. The van der Waals surface area contributed by atoms with E-state index in [-0.39, 0.29) is 0 Å². The van der Waals surface area contributed by atoms with E-state index in [2.05, 4.69) is 31.0 Å². The fraction of sp³-hybridized carbons (Fsp3) is 0.400. The highest BCUT2D eigenvalue weighted by atomic mass is 32.7. The molecule has 0 aliphatic rings. The predicted octanol–water partition coefficient (Wildman–Crippen LogP) is 2.90. The molecule has 10 heavy (non-hydrogen) atoms. The van der Waals surface area contributed by atoms with E-state index in [0.717, 1.165) is 6.42 Å². The van der Waals surface area contributed by atoms with Crippen LogP contribution >= 0.6 is 31.5 Å². The Labute approximate surface area is 72.2 Å². The zero-order valence-corrected chi connectivity index (χ0v) is 8.01. The second-order valence-electron chi connectivity index (χ2n) is 1.26. The number of thiocarbonyl (C=S) groups is 1. The maximum Gasteiger partial charge on any atom is 0.407 e. The van der Waals surface area contributed by atoms with Crippen molar-refractivity contribution in [2.24, 2.45) is 0 Å².